The highest BCUT2D eigenvalue weighted by Gasteiger charge is 2.27. The van der Waals surface area contributed by atoms with Crippen molar-refractivity contribution in [2.24, 2.45) is 11.8 Å². The first-order chi connectivity index (χ1) is 11.1. The van der Waals surface area contributed by atoms with Crippen LogP contribution in [-0.4, -0.2) is 11.1 Å². The number of hydrogen-bond acceptors (Lipinski definition) is 1. The van der Waals surface area contributed by atoms with Crippen LogP contribution in [0.2, 0.25) is 0 Å². The van der Waals surface area contributed by atoms with Crippen LogP contribution in [0.25, 0.3) is 0 Å². The molecule has 2 atom stereocenters. The second-order valence-electron chi connectivity index (χ2n) is 6.74. The second kappa shape index (κ2) is 12.2. The molecule has 0 aromatic carbocycles. The van der Waals surface area contributed by atoms with Gasteiger partial charge < -0.3 is 5.11 Å². The highest BCUT2D eigenvalue weighted by atomic mass is 16.4. The standard InChI is InChI=1S/C21H34O2/c1-3-4-5-6-7-10-13-19-17-16-18(2)20(19)14-11-8-9-12-15-21(22)23/h8,10-11,13,19-20H,2-7,9,12,14-17H2,1H3,(H,22,23)/t19-,20-/m0/s1. The molecule has 0 saturated heterocycles. The van der Waals surface area contributed by atoms with Crippen molar-refractivity contribution in [2.75, 3.05) is 0 Å². The predicted octanol–water partition coefficient (Wildman–Crippen LogP) is 6.30. The maximum atomic E-state index is 10.5. The van der Waals surface area contributed by atoms with Gasteiger partial charge in [0.2, 0.25) is 0 Å². The van der Waals surface area contributed by atoms with Crippen molar-refractivity contribution in [2.45, 2.75) is 77.6 Å². The molecule has 2 nitrogen and oxygen atoms in total. The molecule has 0 bridgehead atoms. The maximum Gasteiger partial charge on any atom is 0.303 e. The maximum absolute atomic E-state index is 10.5. The molecule has 0 aliphatic heterocycles. The molecular weight excluding hydrogens is 284 g/mol. The Morgan fingerprint density at radius 1 is 1.17 bits per heavy atom. The van der Waals surface area contributed by atoms with Crippen molar-refractivity contribution in [1.82, 2.24) is 0 Å². The quantitative estimate of drug-likeness (QED) is 0.339. The van der Waals surface area contributed by atoms with Crippen molar-refractivity contribution < 1.29 is 9.90 Å². The zero-order valence-electron chi connectivity index (χ0n) is 14.8. The van der Waals surface area contributed by atoms with E-state index in [1.54, 1.807) is 0 Å². The van der Waals surface area contributed by atoms with Gasteiger partial charge >= 0.3 is 5.97 Å². The molecule has 2 heteroatoms. The second-order valence-corrected chi connectivity index (χ2v) is 6.74. The number of hydrogen-bond donors (Lipinski definition) is 1. The van der Waals surface area contributed by atoms with Gasteiger partial charge in [-0.15, -0.1) is 0 Å². The van der Waals surface area contributed by atoms with Crippen LogP contribution in [0.3, 0.4) is 0 Å². The summed E-state index contributed by atoms with van der Waals surface area (Å²) in [4.78, 5) is 10.5. The van der Waals surface area contributed by atoms with Gasteiger partial charge in [0.25, 0.3) is 0 Å². The third-order valence-electron chi connectivity index (χ3n) is 4.77. The fraction of sp³-hybridized carbons (Fsp3) is 0.667. The summed E-state index contributed by atoms with van der Waals surface area (Å²) in [5, 5.41) is 8.62. The van der Waals surface area contributed by atoms with Gasteiger partial charge in [-0.05, 0) is 56.8 Å². The normalized spacial score (nSPS) is 21.7. The van der Waals surface area contributed by atoms with Gasteiger partial charge in [-0.2, -0.15) is 0 Å². The van der Waals surface area contributed by atoms with Gasteiger partial charge in [-0.3, -0.25) is 4.79 Å². The highest BCUT2D eigenvalue weighted by Crippen LogP contribution is 2.39. The van der Waals surface area contributed by atoms with E-state index in [4.69, 9.17) is 5.11 Å². The Morgan fingerprint density at radius 2 is 1.96 bits per heavy atom. The number of allylic oxidation sites excluding steroid dienone is 5. The Bertz CT molecular complexity index is 406. The Hall–Kier alpha value is -1.31. The van der Waals surface area contributed by atoms with Gasteiger partial charge in [0, 0.05) is 6.42 Å². The van der Waals surface area contributed by atoms with E-state index < -0.39 is 5.97 Å². The summed E-state index contributed by atoms with van der Waals surface area (Å²) in [5.74, 6) is 0.529. The van der Waals surface area contributed by atoms with Crippen LogP contribution in [0.1, 0.15) is 77.6 Å². The minimum atomic E-state index is -0.702. The molecule has 1 N–H and O–H groups in total. The Kier molecular flexibility index (Phi) is 10.4. The molecule has 0 heterocycles. The highest BCUT2D eigenvalue weighted by molar-refractivity contribution is 5.66. The molecule has 1 rings (SSSR count). The minimum absolute atomic E-state index is 0.268. The SMILES string of the molecule is C=C1CC[C@H](C=CCCCCCC)[C@H]1CC=CCCCC(=O)O. The molecule has 0 unspecified atom stereocenters. The van der Waals surface area contributed by atoms with Crippen LogP contribution < -0.4 is 0 Å². The summed E-state index contributed by atoms with van der Waals surface area (Å²) < 4.78 is 0. The third kappa shape index (κ3) is 8.78. The summed E-state index contributed by atoms with van der Waals surface area (Å²) in [6, 6.07) is 0. The van der Waals surface area contributed by atoms with E-state index in [0.29, 0.717) is 11.8 Å². The number of unbranched alkanes of at least 4 members (excludes halogenated alkanes) is 5. The van der Waals surface area contributed by atoms with Gasteiger partial charge in [0.1, 0.15) is 0 Å². The molecule has 1 saturated carbocycles. The zero-order valence-corrected chi connectivity index (χ0v) is 14.8. The first-order valence-electron chi connectivity index (χ1n) is 9.36. The Balaban J connectivity index is 2.27. The summed E-state index contributed by atoms with van der Waals surface area (Å²) in [6.07, 6.45) is 21.0. The minimum Gasteiger partial charge on any atom is -0.481 e. The smallest absolute Gasteiger partial charge is 0.303 e. The van der Waals surface area contributed by atoms with Crippen molar-refractivity contribution in [1.29, 1.82) is 0 Å². The lowest BCUT2D eigenvalue weighted by Crippen LogP contribution is -2.05. The molecular formula is C21H34O2. The van der Waals surface area contributed by atoms with Gasteiger partial charge in [-0.1, -0.05) is 62.6 Å². The molecule has 0 spiro atoms. The molecule has 130 valence electrons. The summed E-state index contributed by atoms with van der Waals surface area (Å²) in [7, 11) is 0. The van der Waals surface area contributed by atoms with Crippen molar-refractivity contribution in [3.63, 3.8) is 0 Å². The lowest BCUT2D eigenvalue weighted by molar-refractivity contribution is -0.137. The van der Waals surface area contributed by atoms with Crippen LogP contribution in [-0.2, 0) is 4.79 Å². The molecule has 0 radical (unpaired) electrons. The number of rotatable bonds is 12. The van der Waals surface area contributed by atoms with E-state index in [1.165, 1.54) is 44.1 Å². The van der Waals surface area contributed by atoms with Gasteiger partial charge in [0.15, 0.2) is 0 Å². The van der Waals surface area contributed by atoms with Crippen LogP contribution in [0, 0.1) is 11.8 Å². The summed E-state index contributed by atoms with van der Waals surface area (Å²) >= 11 is 0. The Morgan fingerprint density at radius 3 is 2.70 bits per heavy atom. The summed E-state index contributed by atoms with van der Waals surface area (Å²) in [5.41, 5.74) is 1.39. The van der Waals surface area contributed by atoms with Gasteiger partial charge in [0.05, 0.1) is 0 Å². The first-order valence-corrected chi connectivity index (χ1v) is 9.36. The first kappa shape index (κ1) is 19.7. The van der Waals surface area contributed by atoms with E-state index in [-0.39, 0.29) is 6.42 Å². The monoisotopic (exact) mass is 318 g/mol. The average Bonchev–Trinajstić information content (AvgIpc) is 2.86. The van der Waals surface area contributed by atoms with E-state index in [2.05, 4.69) is 37.8 Å². The van der Waals surface area contributed by atoms with Crippen LogP contribution in [0.4, 0.5) is 0 Å². The van der Waals surface area contributed by atoms with Crippen molar-refractivity contribution in [3.8, 4) is 0 Å². The number of carbonyl (C=O) groups is 1. The third-order valence-corrected chi connectivity index (χ3v) is 4.77. The molecule has 0 aromatic heterocycles. The molecule has 1 aliphatic rings. The molecule has 1 aliphatic carbocycles. The number of carboxylic acid groups (broad SMARTS) is 1. The number of carboxylic acids is 1. The lowest BCUT2D eigenvalue weighted by atomic mass is 9.90. The summed E-state index contributed by atoms with van der Waals surface area (Å²) in [6.45, 7) is 6.50. The molecule has 1 fully saturated rings. The Labute approximate surface area is 142 Å². The zero-order chi connectivity index (χ0) is 16.9. The van der Waals surface area contributed by atoms with Crippen molar-refractivity contribution >= 4 is 5.97 Å². The van der Waals surface area contributed by atoms with Crippen LogP contribution >= 0.6 is 0 Å². The van der Waals surface area contributed by atoms with Crippen LogP contribution in [0.15, 0.2) is 36.5 Å². The fourth-order valence-electron chi connectivity index (χ4n) is 3.31. The molecule has 0 aromatic rings. The van der Waals surface area contributed by atoms with Crippen molar-refractivity contribution in [3.05, 3.63) is 36.5 Å². The largest absolute Gasteiger partial charge is 0.481 e. The topological polar surface area (TPSA) is 37.3 Å². The lowest BCUT2D eigenvalue weighted by Gasteiger charge is -2.15. The number of aliphatic carboxylic acids is 1. The molecule has 0 amide bonds. The van der Waals surface area contributed by atoms with Crippen LogP contribution in [0.5, 0.6) is 0 Å². The van der Waals surface area contributed by atoms with E-state index in [0.717, 1.165) is 25.7 Å². The molecule has 23 heavy (non-hydrogen) atoms. The average molecular weight is 319 g/mol. The van der Waals surface area contributed by atoms with E-state index >= 15 is 0 Å². The van der Waals surface area contributed by atoms with E-state index in [1.807, 2.05) is 0 Å². The predicted molar refractivity (Wildman–Crippen MR) is 98.5 cm³/mol. The van der Waals surface area contributed by atoms with E-state index in [9.17, 15) is 4.79 Å². The fourth-order valence-corrected chi connectivity index (χ4v) is 3.31. The van der Waals surface area contributed by atoms with Gasteiger partial charge in [-0.25, -0.2) is 0 Å².